The number of hydrogen-bond donors (Lipinski definition) is 1. The van der Waals surface area contributed by atoms with Gasteiger partial charge >= 0.3 is 5.97 Å². The fourth-order valence-corrected chi connectivity index (χ4v) is 5.12. The van der Waals surface area contributed by atoms with E-state index >= 15 is 0 Å². The molecule has 0 radical (unpaired) electrons. The molecule has 1 N–H and O–H groups in total. The molecule has 0 aromatic heterocycles. The summed E-state index contributed by atoms with van der Waals surface area (Å²) < 4.78 is 60.1. The maximum atomic E-state index is 14.8. The summed E-state index contributed by atoms with van der Waals surface area (Å²) in [5.74, 6) is -1.91. The van der Waals surface area contributed by atoms with Crippen molar-refractivity contribution in [3.63, 3.8) is 0 Å². The van der Waals surface area contributed by atoms with Crippen LogP contribution >= 0.6 is 0 Å². The van der Waals surface area contributed by atoms with Crippen LogP contribution in [0.25, 0.3) is 5.57 Å². The normalized spacial score (nSPS) is 15.2. The van der Waals surface area contributed by atoms with Gasteiger partial charge in [-0.15, -0.1) is 0 Å². The van der Waals surface area contributed by atoms with E-state index in [1.807, 2.05) is 0 Å². The predicted octanol–water partition coefficient (Wildman–Crippen LogP) is 3.24. The first kappa shape index (κ1) is 21.6. The van der Waals surface area contributed by atoms with E-state index in [9.17, 15) is 27.1 Å². The second-order valence-electron chi connectivity index (χ2n) is 7.20. The molecular weight excluding hydrogens is 440 g/mol. The highest BCUT2D eigenvalue weighted by molar-refractivity contribution is 7.91. The number of hydrogen-bond acceptors (Lipinski definition) is 5. The average Bonchev–Trinajstić information content (AvgIpc) is 3.04. The Morgan fingerprint density at radius 1 is 1.00 bits per heavy atom. The minimum Gasteiger partial charge on any atom is -0.481 e. The second-order valence-corrected chi connectivity index (χ2v) is 9.09. The molecule has 0 fully saturated rings. The average molecular weight is 457 g/mol. The molecule has 1 unspecified atom stereocenters. The summed E-state index contributed by atoms with van der Waals surface area (Å²) >= 11 is 0. The molecule has 1 atom stereocenters. The number of ether oxygens (including phenoxy) is 1. The van der Waals surface area contributed by atoms with Crippen molar-refractivity contribution < 1.29 is 31.8 Å². The first-order valence-electron chi connectivity index (χ1n) is 9.56. The van der Waals surface area contributed by atoms with Crippen LogP contribution in [0.4, 0.5) is 8.78 Å². The Hall–Kier alpha value is -3.59. The molecule has 3 aromatic carbocycles. The van der Waals surface area contributed by atoms with Crippen LogP contribution < -0.4 is 15.3 Å². The third-order valence-electron chi connectivity index (χ3n) is 5.04. The Kier molecular flexibility index (Phi) is 5.52. The van der Waals surface area contributed by atoms with Gasteiger partial charge in [-0.05, 0) is 73.2 Å². The highest BCUT2D eigenvalue weighted by Gasteiger charge is 2.29. The van der Waals surface area contributed by atoms with E-state index in [0.29, 0.717) is 11.5 Å². The smallest absolute Gasteiger partial charge is 0.307 e. The lowest BCUT2D eigenvalue weighted by Gasteiger charge is -2.10. The van der Waals surface area contributed by atoms with Crippen molar-refractivity contribution in [3.8, 4) is 11.5 Å². The summed E-state index contributed by atoms with van der Waals surface area (Å²) in [6.45, 7) is 1.63. The largest absolute Gasteiger partial charge is 0.481 e. The number of halogens is 2. The van der Waals surface area contributed by atoms with E-state index in [1.165, 1.54) is 54.6 Å². The van der Waals surface area contributed by atoms with Crippen LogP contribution in [0, 0.1) is 11.6 Å². The zero-order valence-corrected chi connectivity index (χ0v) is 17.6. The summed E-state index contributed by atoms with van der Waals surface area (Å²) in [7, 11) is -4.34. The zero-order chi connectivity index (χ0) is 23.0. The van der Waals surface area contributed by atoms with Gasteiger partial charge < -0.3 is 9.84 Å². The van der Waals surface area contributed by atoms with E-state index in [1.54, 1.807) is 6.92 Å². The van der Waals surface area contributed by atoms with Crippen LogP contribution in [0.2, 0.25) is 0 Å². The van der Waals surface area contributed by atoms with Gasteiger partial charge in [0.25, 0.3) is 0 Å². The summed E-state index contributed by atoms with van der Waals surface area (Å²) in [5, 5.41) is 9.47. The Balaban J connectivity index is 1.78. The molecule has 6 nitrogen and oxygen atoms in total. The highest BCUT2D eigenvalue weighted by atomic mass is 32.2. The van der Waals surface area contributed by atoms with Gasteiger partial charge in [0.2, 0.25) is 9.84 Å². The zero-order valence-electron chi connectivity index (χ0n) is 16.7. The molecule has 164 valence electrons. The number of sulfone groups is 1. The van der Waals surface area contributed by atoms with Crippen molar-refractivity contribution in [3.05, 3.63) is 82.9 Å². The van der Waals surface area contributed by atoms with Crippen LogP contribution in [-0.2, 0) is 14.6 Å². The summed E-state index contributed by atoms with van der Waals surface area (Å²) in [5.41, 5.74) is 0.238. The number of aliphatic carboxylic acids is 1. The van der Waals surface area contributed by atoms with Gasteiger partial charge in [-0.2, -0.15) is 0 Å². The van der Waals surface area contributed by atoms with E-state index in [2.05, 4.69) is 4.99 Å². The maximum absolute atomic E-state index is 14.8. The van der Waals surface area contributed by atoms with Crippen LogP contribution in [-0.4, -0.2) is 25.5 Å². The van der Waals surface area contributed by atoms with Crippen molar-refractivity contribution in [2.45, 2.75) is 29.2 Å². The quantitative estimate of drug-likeness (QED) is 0.614. The second kappa shape index (κ2) is 8.16. The minimum atomic E-state index is -4.34. The van der Waals surface area contributed by atoms with Crippen LogP contribution in [0.5, 0.6) is 11.5 Å². The van der Waals surface area contributed by atoms with Crippen molar-refractivity contribution in [1.29, 1.82) is 0 Å². The van der Waals surface area contributed by atoms with Crippen LogP contribution in [0.3, 0.4) is 0 Å². The molecule has 1 heterocycles. The monoisotopic (exact) mass is 457 g/mol. The van der Waals surface area contributed by atoms with E-state index < -0.39 is 44.8 Å². The predicted molar refractivity (Wildman–Crippen MR) is 111 cm³/mol. The van der Waals surface area contributed by atoms with E-state index in [4.69, 9.17) is 4.74 Å². The fraction of sp³-hybridized carbons (Fsp3) is 0.130. The van der Waals surface area contributed by atoms with Crippen molar-refractivity contribution >= 4 is 21.4 Å². The Morgan fingerprint density at radius 3 is 2.19 bits per heavy atom. The fourth-order valence-electron chi connectivity index (χ4n) is 3.57. The van der Waals surface area contributed by atoms with Gasteiger partial charge in [-0.3, -0.25) is 9.79 Å². The number of fused-ring (bicyclic) bond motifs is 1. The first-order chi connectivity index (χ1) is 15.2. The first-order valence-corrected chi connectivity index (χ1v) is 11.0. The van der Waals surface area contributed by atoms with Gasteiger partial charge in [-0.25, -0.2) is 17.2 Å². The summed E-state index contributed by atoms with van der Waals surface area (Å²) in [6.07, 6.45) is -0.450. The number of nitrogens with zero attached hydrogens (tertiary/aromatic N) is 1. The molecule has 0 amide bonds. The number of rotatable bonds is 6. The van der Waals surface area contributed by atoms with Crippen molar-refractivity contribution in [1.82, 2.24) is 0 Å². The summed E-state index contributed by atoms with van der Waals surface area (Å²) in [6, 6.07) is 12.4. The Morgan fingerprint density at radius 2 is 1.59 bits per heavy atom. The molecule has 1 aliphatic heterocycles. The van der Waals surface area contributed by atoms with Crippen LogP contribution in [0.15, 0.2) is 75.4 Å². The molecule has 0 saturated carbocycles. The Bertz CT molecular complexity index is 1430. The molecule has 0 aliphatic carbocycles. The van der Waals surface area contributed by atoms with Crippen molar-refractivity contribution in [2.75, 3.05) is 0 Å². The molecule has 32 heavy (non-hydrogen) atoms. The van der Waals surface area contributed by atoms with Gasteiger partial charge in [-0.1, -0.05) is 0 Å². The number of carboxylic acids is 1. The molecule has 9 heteroatoms. The number of carboxylic acid groups (broad SMARTS) is 1. The number of benzene rings is 3. The minimum absolute atomic E-state index is 0.00605. The molecule has 1 aliphatic rings. The topological polar surface area (TPSA) is 93.0 Å². The van der Waals surface area contributed by atoms with Gasteiger partial charge in [0.1, 0.15) is 28.0 Å². The molecule has 0 bridgehead atoms. The van der Waals surface area contributed by atoms with Crippen molar-refractivity contribution in [2.24, 2.45) is 4.99 Å². The number of carbonyl (C=O) groups is 1. The van der Waals surface area contributed by atoms with Crippen LogP contribution in [0.1, 0.15) is 13.3 Å². The van der Waals surface area contributed by atoms with Gasteiger partial charge in [0, 0.05) is 5.22 Å². The lowest BCUT2D eigenvalue weighted by Crippen LogP contribution is -2.32. The molecule has 3 aromatic rings. The van der Waals surface area contributed by atoms with Gasteiger partial charge in [0.05, 0.1) is 22.7 Å². The SMILES string of the molecule is CC1N=c2ccc(F)c(S(=O)(=O)c3ccc(Oc4ccc(F)cc4)cc3)c2=C1CC(=O)O. The molecular formula is C23H17F2NO5S. The molecule has 0 spiro atoms. The highest BCUT2D eigenvalue weighted by Crippen LogP contribution is 2.27. The lowest BCUT2D eigenvalue weighted by atomic mass is 10.0. The standard InChI is InChI=1S/C23H17F2NO5S/c1-13-18(12-21(27)28)22-20(26-13)11-10-19(25)23(22)32(29,30)17-8-6-16(7-9-17)31-15-4-2-14(24)3-5-15/h2-11,13H,12H2,1H3,(H,27,28). The molecule has 4 rings (SSSR count). The third kappa shape index (κ3) is 3.99. The maximum Gasteiger partial charge on any atom is 0.307 e. The lowest BCUT2D eigenvalue weighted by molar-refractivity contribution is -0.135. The third-order valence-corrected chi connectivity index (χ3v) is 6.87. The summed E-state index contributed by atoms with van der Waals surface area (Å²) in [4.78, 5) is 14.8. The van der Waals surface area contributed by atoms with Gasteiger partial charge in [0.15, 0.2) is 0 Å². The Labute approximate surface area is 182 Å². The van der Waals surface area contributed by atoms with E-state index in [0.717, 1.165) is 6.07 Å². The molecule has 0 saturated heterocycles. The van der Waals surface area contributed by atoms with E-state index in [-0.39, 0.29) is 21.0 Å².